The number of nitrogens with zero attached hydrogens (tertiary/aromatic N) is 5. The van der Waals surface area contributed by atoms with Crippen LogP contribution in [0.1, 0.15) is 45.9 Å². The number of amides is 2. The van der Waals surface area contributed by atoms with Crippen molar-refractivity contribution in [2.45, 2.75) is 31.7 Å². The van der Waals surface area contributed by atoms with E-state index in [4.69, 9.17) is 4.98 Å². The van der Waals surface area contributed by atoms with E-state index >= 15 is 0 Å². The second kappa shape index (κ2) is 11.7. The Morgan fingerprint density at radius 3 is 2.37 bits per heavy atom. The first kappa shape index (κ1) is 28.7. The van der Waals surface area contributed by atoms with E-state index in [9.17, 15) is 9.59 Å². The second-order valence-electron chi connectivity index (χ2n) is 12.2. The predicted octanol–water partition coefficient (Wildman–Crippen LogP) is 5.43. The molecule has 6 rings (SSSR count). The van der Waals surface area contributed by atoms with E-state index in [0.29, 0.717) is 12.3 Å². The molecule has 1 saturated heterocycles. The molecule has 43 heavy (non-hydrogen) atoms. The van der Waals surface area contributed by atoms with Gasteiger partial charge in [0, 0.05) is 81.7 Å². The van der Waals surface area contributed by atoms with Gasteiger partial charge in [-0.1, -0.05) is 18.2 Å². The Labute approximate surface area is 252 Å². The number of likely N-dealkylation sites (N-methyl/N-ethyl adjacent to an activating group) is 1. The van der Waals surface area contributed by atoms with E-state index < -0.39 is 0 Å². The molecular formula is C35H40N6O2. The first-order valence-corrected chi connectivity index (χ1v) is 15.0. The first-order chi connectivity index (χ1) is 20.7. The van der Waals surface area contributed by atoms with Crippen LogP contribution < -0.4 is 0 Å². The maximum Gasteiger partial charge on any atom is 0.253 e. The molecule has 8 heteroatoms. The lowest BCUT2D eigenvalue weighted by Gasteiger charge is -2.32. The van der Waals surface area contributed by atoms with E-state index in [2.05, 4.69) is 64.0 Å². The SMILES string of the molecule is CN(C)C(=O)Cc1c[nH]c2ccc(-c3ccnc4c3cc(CN3CCC(c5ccc(C(=O)N(C)C)cc5)CC3)n4C)cc12. The summed E-state index contributed by atoms with van der Waals surface area (Å²) in [6, 6.07) is 19.0. The predicted molar refractivity (Wildman–Crippen MR) is 172 cm³/mol. The maximum absolute atomic E-state index is 12.4. The number of likely N-dealkylation sites (tertiary alicyclic amines) is 1. The Kier molecular flexibility index (Phi) is 7.79. The molecule has 222 valence electrons. The number of aromatic amines is 1. The van der Waals surface area contributed by atoms with Crippen LogP contribution in [0.15, 0.2) is 67.0 Å². The van der Waals surface area contributed by atoms with Gasteiger partial charge in [-0.05, 0) is 90.5 Å². The number of piperidine rings is 1. The summed E-state index contributed by atoms with van der Waals surface area (Å²) in [5, 5.41) is 2.22. The van der Waals surface area contributed by atoms with Crippen LogP contribution in [-0.4, -0.2) is 82.3 Å². The van der Waals surface area contributed by atoms with Gasteiger partial charge in [-0.25, -0.2) is 4.98 Å². The number of nitrogens with one attached hydrogen (secondary N) is 1. The van der Waals surface area contributed by atoms with Crippen LogP contribution in [0.2, 0.25) is 0 Å². The van der Waals surface area contributed by atoms with Crippen molar-refractivity contribution in [1.82, 2.24) is 29.2 Å². The molecule has 0 saturated carbocycles. The Hall–Kier alpha value is -4.43. The molecular weight excluding hydrogens is 536 g/mol. The van der Waals surface area contributed by atoms with Gasteiger partial charge in [0.05, 0.1) is 6.42 Å². The van der Waals surface area contributed by atoms with Gasteiger partial charge in [-0.2, -0.15) is 0 Å². The van der Waals surface area contributed by atoms with Crippen molar-refractivity contribution in [3.63, 3.8) is 0 Å². The molecule has 8 nitrogen and oxygen atoms in total. The maximum atomic E-state index is 12.4. The third kappa shape index (κ3) is 5.67. The lowest BCUT2D eigenvalue weighted by atomic mass is 9.89. The first-order valence-electron chi connectivity index (χ1n) is 15.0. The molecule has 0 bridgehead atoms. The molecule has 2 aromatic carbocycles. The normalized spacial score (nSPS) is 14.4. The molecule has 0 radical (unpaired) electrons. The summed E-state index contributed by atoms with van der Waals surface area (Å²) in [6.45, 7) is 2.94. The summed E-state index contributed by atoms with van der Waals surface area (Å²) in [6.07, 6.45) is 6.41. The zero-order chi connectivity index (χ0) is 30.2. The Bertz CT molecular complexity index is 1790. The number of H-pyrrole nitrogens is 1. The van der Waals surface area contributed by atoms with Gasteiger partial charge < -0.3 is 19.4 Å². The van der Waals surface area contributed by atoms with Crippen LogP contribution in [0.3, 0.4) is 0 Å². The van der Waals surface area contributed by atoms with Gasteiger partial charge in [0.25, 0.3) is 5.91 Å². The number of hydrogen-bond donors (Lipinski definition) is 1. The highest BCUT2D eigenvalue weighted by atomic mass is 16.2. The fourth-order valence-electron chi connectivity index (χ4n) is 6.30. The average molecular weight is 577 g/mol. The summed E-state index contributed by atoms with van der Waals surface area (Å²) < 4.78 is 2.22. The minimum absolute atomic E-state index is 0.0419. The van der Waals surface area contributed by atoms with Crippen LogP contribution >= 0.6 is 0 Å². The molecule has 1 aliphatic heterocycles. The highest BCUT2D eigenvalue weighted by Crippen LogP contribution is 2.34. The fraction of sp³-hybridized carbons (Fsp3) is 0.343. The quantitative estimate of drug-likeness (QED) is 0.280. The third-order valence-electron chi connectivity index (χ3n) is 8.96. The van der Waals surface area contributed by atoms with Crippen LogP contribution in [0.25, 0.3) is 33.1 Å². The number of aromatic nitrogens is 3. The number of carbonyl (C=O) groups is 2. The molecule has 1 fully saturated rings. The number of benzene rings is 2. The summed E-state index contributed by atoms with van der Waals surface area (Å²) >= 11 is 0. The number of rotatable bonds is 7. The Morgan fingerprint density at radius 2 is 1.67 bits per heavy atom. The van der Waals surface area contributed by atoms with Crippen molar-refractivity contribution >= 4 is 33.8 Å². The van der Waals surface area contributed by atoms with Gasteiger partial charge in [0.2, 0.25) is 5.91 Å². The highest BCUT2D eigenvalue weighted by molar-refractivity contribution is 5.98. The monoisotopic (exact) mass is 576 g/mol. The molecule has 0 unspecified atom stereocenters. The van der Waals surface area contributed by atoms with Crippen molar-refractivity contribution in [3.05, 3.63) is 89.4 Å². The topological polar surface area (TPSA) is 77.5 Å². The van der Waals surface area contributed by atoms with Crippen LogP contribution in [0.4, 0.5) is 0 Å². The van der Waals surface area contributed by atoms with Gasteiger partial charge >= 0.3 is 0 Å². The Balaban J connectivity index is 1.19. The average Bonchev–Trinajstić information content (AvgIpc) is 3.56. The number of aryl methyl sites for hydroxylation is 1. The van der Waals surface area contributed by atoms with Gasteiger partial charge in [0.1, 0.15) is 5.65 Å². The Morgan fingerprint density at radius 1 is 0.930 bits per heavy atom. The van der Waals surface area contributed by atoms with E-state index in [-0.39, 0.29) is 11.8 Å². The number of hydrogen-bond acceptors (Lipinski definition) is 4. The lowest BCUT2D eigenvalue weighted by Crippen LogP contribution is -2.33. The number of fused-ring (bicyclic) bond motifs is 2. The number of pyridine rings is 1. The molecule has 4 heterocycles. The molecule has 0 spiro atoms. The van der Waals surface area contributed by atoms with Crippen molar-refractivity contribution in [3.8, 4) is 11.1 Å². The van der Waals surface area contributed by atoms with E-state index in [1.165, 1.54) is 11.3 Å². The molecule has 1 aliphatic rings. The zero-order valence-corrected chi connectivity index (χ0v) is 25.7. The van der Waals surface area contributed by atoms with Crippen molar-refractivity contribution in [1.29, 1.82) is 0 Å². The number of carbonyl (C=O) groups excluding carboxylic acids is 2. The van der Waals surface area contributed by atoms with Crippen molar-refractivity contribution in [2.24, 2.45) is 7.05 Å². The van der Waals surface area contributed by atoms with Crippen molar-refractivity contribution in [2.75, 3.05) is 41.3 Å². The lowest BCUT2D eigenvalue weighted by molar-refractivity contribution is -0.127. The highest BCUT2D eigenvalue weighted by Gasteiger charge is 2.23. The van der Waals surface area contributed by atoms with E-state index in [1.807, 2.05) is 24.5 Å². The summed E-state index contributed by atoms with van der Waals surface area (Å²) in [5.74, 6) is 0.644. The van der Waals surface area contributed by atoms with Crippen molar-refractivity contribution < 1.29 is 9.59 Å². The third-order valence-corrected chi connectivity index (χ3v) is 8.96. The smallest absolute Gasteiger partial charge is 0.253 e. The standard InChI is InChI=1S/C35H40N6O2/c1-38(2)33(42)19-27-21-37-32-11-10-26(18-30(27)32)29-12-15-36-34-31(29)20-28(40(34)5)22-41-16-13-24(14-17-41)23-6-8-25(9-7-23)35(43)39(3)4/h6-12,15,18,20-21,24,37H,13-14,16-17,19,22H2,1-5H3. The van der Waals surface area contributed by atoms with Gasteiger partial charge in [-0.15, -0.1) is 0 Å². The summed E-state index contributed by atoms with van der Waals surface area (Å²) in [5.41, 5.74) is 8.60. The van der Waals surface area contributed by atoms with Crippen LogP contribution in [0.5, 0.6) is 0 Å². The van der Waals surface area contributed by atoms with Gasteiger partial charge in [-0.3, -0.25) is 14.5 Å². The molecule has 0 atom stereocenters. The minimum atomic E-state index is 0.0419. The van der Waals surface area contributed by atoms with E-state index in [1.54, 1.807) is 38.0 Å². The minimum Gasteiger partial charge on any atom is -0.361 e. The fourth-order valence-corrected chi connectivity index (χ4v) is 6.30. The van der Waals surface area contributed by atoms with Crippen LogP contribution in [-0.2, 0) is 24.8 Å². The summed E-state index contributed by atoms with van der Waals surface area (Å²) in [4.78, 5) is 38.5. The molecule has 3 aromatic heterocycles. The largest absolute Gasteiger partial charge is 0.361 e. The summed E-state index contributed by atoms with van der Waals surface area (Å²) in [7, 11) is 9.27. The molecule has 1 N–H and O–H groups in total. The molecule has 0 aliphatic carbocycles. The second-order valence-corrected chi connectivity index (χ2v) is 12.2. The molecule has 5 aromatic rings. The van der Waals surface area contributed by atoms with E-state index in [0.717, 1.165) is 76.7 Å². The molecule has 2 amide bonds. The zero-order valence-electron chi connectivity index (χ0n) is 25.7. The van der Waals surface area contributed by atoms with Crippen LogP contribution in [0, 0.1) is 0 Å². The van der Waals surface area contributed by atoms with Gasteiger partial charge in [0.15, 0.2) is 0 Å².